The van der Waals surface area contributed by atoms with Gasteiger partial charge in [0, 0.05) is 30.2 Å². The van der Waals surface area contributed by atoms with Crippen LogP contribution >= 0.6 is 24.2 Å². The maximum absolute atomic E-state index is 12.4. The molecule has 2 rings (SSSR count). The minimum Gasteiger partial charge on any atom is -0.378 e. The molecule has 0 atom stereocenters. The first-order valence-electron chi connectivity index (χ1n) is 7.49. The van der Waals surface area contributed by atoms with E-state index < -0.39 is 0 Å². The lowest BCUT2D eigenvalue weighted by atomic mass is 10.1. The topological polar surface area (TPSA) is 55.6 Å². The van der Waals surface area contributed by atoms with Gasteiger partial charge < -0.3 is 15.4 Å². The largest absolute Gasteiger partial charge is 0.378 e. The van der Waals surface area contributed by atoms with Gasteiger partial charge in [-0.2, -0.15) is 0 Å². The van der Waals surface area contributed by atoms with Crippen molar-refractivity contribution in [2.45, 2.75) is 30.3 Å². The van der Waals surface area contributed by atoms with Crippen LogP contribution in [0.1, 0.15) is 29.6 Å². The molecule has 1 aromatic carbocycles. The highest BCUT2D eigenvalue weighted by atomic mass is 35.5. The van der Waals surface area contributed by atoms with Crippen molar-refractivity contribution >= 4 is 30.1 Å². The summed E-state index contributed by atoms with van der Waals surface area (Å²) < 4.78 is 5.77. The average molecular weight is 345 g/mol. The lowest BCUT2D eigenvalue weighted by Gasteiger charge is -2.32. The SMILES string of the molecule is CSc1ccc(C(=O)N2CCC(OCCCN)CC2)cc1.Cl. The van der Waals surface area contributed by atoms with Crippen LogP contribution in [-0.4, -0.2) is 49.4 Å². The van der Waals surface area contributed by atoms with Gasteiger partial charge in [-0.1, -0.05) is 0 Å². The Morgan fingerprint density at radius 2 is 1.95 bits per heavy atom. The molecular formula is C16H25ClN2O2S. The number of rotatable bonds is 6. The second kappa shape index (κ2) is 10.1. The Morgan fingerprint density at radius 3 is 2.50 bits per heavy atom. The van der Waals surface area contributed by atoms with E-state index in [2.05, 4.69) is 0 Å². The molecule has 6 heteroatoms. The third kappa shape index (κ3) is 5.47. The number of benzene rings is 1. The van der Waals surface area contributed by atoms with E-state index in [1.54, 1.807) is 11.8 Å². The molecule has 1 saturated heterocycles. The number of nitrogens with zero attached hydrogens (tertiary/aromatic N) is 1. The van der Waals surface area contributed by atoms with Gasteiger partial charge in [-0.05, 0) is 56.3 Å². The lowest BCUT2D eigenvalue weighted by Crippen LogP contribution is -2.41. The van der Waals surface area contributed by atoms with Crippen molar-refractivity contribution < 1.29 is 9.53 Å². The Bertz CT molecular complexity index is 448. The van der Waals surface area contributed by atoms with Gasteiger partial charge >= 0.3 is 0 Å². The maximum atomic E-state index is 12.4. The molecule has 4 nitrogen and oxygen atoms in total. The third-order valence-electron chi connectivity index (χ3n) is 3.77. The zero-order valence-electron chi connectivity index (χ0n) is 13.0. The van der Waals surface area contributed by atoms with Gasteiger partial charge in [0.2, 0.25) is 0 Å². The number of nitrogens with two attached hydrogens (primary N) is 1. The summed E-state index contributed by atoms with van der Waals surface area (Å²) in [6.45, 7) is 2.95. The van der Waals surface area contributed by atoms with Crippen molar-refractivity contribution in [3.05, 3.63) is 29.8 Å². The number of ether oxygens (including phenoxy) is 1. The number of halogens is 1. The van der Waals surface area contributed by atoms with Gasteiger partial charge in [0.25, 0.3) is 5.91 Å². The summed E-state index contributed by atoms with van der Waals surface area (Å²) in [5.41, 5.74) is 6.23. The molecular weight excluding hydrogens is 320 g/mol. The second-order valence-corrected chi connectivity index (χ2v) is 6.11. The highest BCUT2D eigenvalue weighted by Gasteiger charge is 2.23. The number of carbonyl (C=O) groups is 1. The van der Waals surface area contributed by atoms with Crippen LogP contribution in [0.3, 0.4) is 0 Å². The molecule has 1 aromatic rings. The molecule has 124 valence electrons. The zero-order valence-corrected chi connectivity index (χ0v) is 14.6. The van der Waals surface area contributed by atoms with Crippen LogP contribution in [0.2, 0.25) is 0 Å². The normalized spacial score (nSPS) is 15.5. The fourth-order valence-electron chi connectivity index (χ4n) is 2.48. The minimum atomic E-state index is 0. The Kier molecular flexibility index (Phi) is 8.86. The fraction of sp³-hybridized carbons (Fsp3) is 0.562. The van der Waals surface area contributed by atoms with E-state index >= 15 is 0 Å². The standard InChI is InChI=1S/C16H24N2O2S.ClH/c1-21-15-5-3-13(4-6-15)16(19)18-10-7-14(8-11-18)20-12-2-9-17;/h3-6,14H,2,7-12,17H2,1H3;1H. The average Bonchev–Trinajstić information content (AvgIpc) is 2.55. The highest BCUT2D eigenvalue weighted by molar-refractivity contribution is 7.98. The van der Waals surface area contributed by atoms with Gasteiger partial charge in [0.05, 0.1) is 6.10 Å². The molecule has 0 aliphatic carbocycles. The van der Waals surface area contributed by atoms with Crippen molar-refractivity contribution in [2.24, 2.45) is 5.73 Å². The van der Waals surface area contributed by atoms with Crippen LogP contribution in [0.25, 0.3) is 0 Å². The number of amides is 1. The van der Waals surface area contributed by atoms with Crippen LogP contribution in [0.15, 0.2) is 29.2 Å². The van der Waals surface area contributed by atoms with Crippen molar-refractivity contribution in [2.75, 3.05) is 32.5 Å². The Labute approximate surface area is 143 Å². The van der Waals surface area contributed by atoms with E-state index in [-0.39, 0.29) is 24.4 Å². The number of hydrogen-bond acceptors (Lipinski definition) is 4. The Balaban J connectivity index is 0.00000242. The number of thioether (sulfide) groups is 1. The summed E-state index contributed by atoms with van der Waals surface area (Å²) in [7, 11) is 0. The molecule has 2 N–H and O–H groups in total. The Morgan fingerprint density at radius 1 is 1.32 bits per heavy atom. The molecule has 1 fully saturated rings. The fourth-order valence-corrected chi connectivity index (χ4v) is 2.88. The molecule has 1 amide bonds. The van der Waals surface area contributed by atoms with Crippen LogP contribution in [0.5, 0.6) is 0 Å². The van der Waals surface area contributed by atoms with E-state index in [0.29, 0.717) is 6.54 Å². The first-order chi connectivity index (χ1) is 10.2. The van der Waals surface area contributed by atoms with Gasteiger partial charge in [-0.15, -0.1) is 24.2 Å². The number of carbonyl (C=O) groups excluding carboxylic acids is 1. The monoisotopic (exact) mass is 344 g/mol. The molecule has 1 heterocycles. The van der Waals surface area contributed by atoms with E-state index in [0.717, 1.165) is 44.5 Å². The molecule has 1 aliphatic heterocycles. The first kappa shape index (κ1) is 19.3. The molecule has 1 aliphatic rings. The van der Waals surface area contributed by atoms with Crippen molar-refractivity contribution in [1.82, 2.24) is 4.90 Å². The van der Waals surface area contributed by atoms with Crippen molar-refractivity contribution in [1.29, 1.82) is 0 Å². The molecule has 22 heavy (non-hydrogen) atoms. The number of likely N-dealkylation sites (tertiary alicyclic amines) is 1. The molecule has 0 spiro atoms. The summed E-state index contributed by atoms with van der Waals surface area (Å²) in [5, 5.41) is 0. The van der Waals surface area contributed by atoms with Crippen LogP contribution < -0.4 is 5.73 Å². The second-order valence-electron chi connectivity index (χ2n) is 5.23. The summed E-state index contributed by atoms with van der Waals surface area (Å²) in [5.74, 6) is 0.128. The number of hydrogen-bond donors (Lipinski definition) is 1. The van der Waals surface area contributed by atoms with Gasteiger partial charge in [0.1, 0.15) is 0 Å². The van der Waals surface area contributed by atoms with Crippen LogP contribution in [-0.2, 0) is 4.74 Å². The first-order valence-corrected chi connectivity index (χ1v) is 8.72. The van der Waals surface area contributed by atoms with Gasteiger partial charge in [0.15, 0.2) is 0 Å². The van der Waals surface area contributed by atoms with E-state index in [4.69, 9.17) is 10.5 Å². The molecule has 0 saturated carbocycles. The predicted molar refractivity (Wildman–Crippen MR) is 94.0 cm³/mol. The van der Waals surface area contributed by atoms with Crippen LogP contribution in [0.4, 0.5) is 0 Å². The smallest absolute Gasteiger partial charge is 0.253 e. The zero-order chi connectivity index (χ0) is 15.1. The molecule has 0 unspecified atom stereocenters. The lowest BCUT2D eigenvalue weighted by molar-refractivity contribution is 0.00844. The highest BCUT2D eigenvalue weighted by Crippen LogP contribution is 2.19. The van der Waals surface area contributed by atoms with E-state index in [9.17, 15) is 4.79 Å². The maximum Gasteiger partial charge on any atom is 0.253 e. The minimum absolute atomic E-state index is 0. The van der Waals surface area contributed by atoms with Gasteiger partial charge in [-0.25, -0.2) is 0 Å². The van der Waals surface area contributed by atoms with Gasteiger partial charge in [-0.3, -0.25) is 4.79 Å². The molecule has 0 radical (unpaired) electrons. The molecule has 0 aromatic heterocycles. The Hall–Kier alpha value is -0.750. The number of piperidine rings is 1. The van der Waals surface area contributed by atoms with Crippen LogP contribution in [0, 0.1) is 0 Å². The van der Waals surface area contributed by atoms with E-state index in [1.807, 2.05) is 35.4 Å². The summed E-state index contributed by atoms with van der Waals surface area (Å²) in [6, 6.07) is 7.83. The third-order valence-corrected chi connectivity index (χ3v) is 4.51. The summed E-state index contributed by atoms with van der Waals surface area (Å²) >= 11 is 1.68. The predicted octanol–water partition coefficient (Wildman–Crippen LogP) is 2.80. The quantitative estimate of drug-likeness (QED) is 0.637. The van der Waals surface area contributed by atoms with Crippen molar-refractivity contribution in [3.63, 3.8) is 0 Å². The van der Waals surface area contributed by atoms with Crippen molar-refractivity contribution in [3.8, 4) is 0 Å². The molecule has 0 bridgehead atoms. The summed E-state index contributed by atoms with van der Waals surface area (Å²) in [6.07, 6.45) is 5.05. The summed E-state index contributed by atoms with van der Waals surface area (Å²) in [4.78, 5) is 15.5. The van der Waals surface area contributed by atoms with E-state index in [1.165, 1.54) is 4.90 Å².